The lowest BCUT2D eigenvalue weighted by atomic mass is 10.1. The number of nitrogens with zero attached hydrogens (tertiary/aromatic N) is 2. The highest BCUT2D eigenvalue weighted by Gasteiger charge is 2.22. The van der Waals surface area contributed by atoms with Crippen LogP contribution in [0.5, 0.6) is 0 Å². The molecular formula is C17H20N4OS. The average molecular weight is 328 g/mol. The summed E-state index contributed by atoms with van der Waals surface area (Å²) in [6, 6.07) is 6.13. The Hall–Kier alpha value is -2.21. The van der Waals surface area contributed by atoms with Crippen LogP contribution in [-0.4, -0.2) is 22.9 Å². The lowest BCUT2D eigenvalue weighted by molar-refractivity contribution is -0.115. The molecule has 5 nitrogen and oxygen atoms in total. The molecular weight excluding hydrogens is 308 g/mol. The van der Waals surface area contributed by atoms with E-state index in [1.54, 1.807) is 11.3 Å². The van der Waals surface area contributed by atoms with Gasteiger partial charge in [0.2, 0.25) is 5.96 Å². The van der Waals surface area contributed by atoms with Crippen LogP contribution in [0.3, 0.4) is 0 Å². The van der Waals surface area contributed by atoms with Gasteiger partial charge in [0.15, 0.2) is 0 Å². The van der Waals surface area contributed by atoms with E-state index in [1.807, 2.05) is 29.8 Å². The summed E-state index contributed by atoms with van der Waals surface area (Å²) in [6.07, 6.45) is 2.83. The minimum absolute atomic E-state index is 0.148. The van der Waals surface area contributed by atoms with Crippen molar-refractivity contribution in [3.8, 4) is 0 Å². The van der Waals surface area contributed by atoms with Gasteiger partial charge in [0.1, 0.15) is 5.70 Å². The van der Waals surface area contributed by atoms with Crippen LogP contribution in [0.2, 0.25) is 0 Å². The van der Waals surface area contributed by atoms with E-state index in [4.69, 9.17) is 0 Å². The third-order valence-corrected chi connectivity index (χ3v) is 4.35. The maximum absolute atomic E-state index is 12.1. The summed E-state index contributed by atoms with van der Waals surface area (Å²) in [5.74, 6) is 0.964. The van der Waals surface area contributed by atoms with Gasteiger partial charge in [0.25, 0.3) is 5.91 Å². The third kappa shape index (κ3) is 3.76. The molecule has 1 aliphatic heterocycles. The van der Waals surface area contributed by atoms with Gasteiger partial charge < -0.3 is 5.32 Å². The number of carbonyl (C=O) groups excluding carboxylic acids is 1. The molecule has 120 valence electrons. The Balaban J connectivity index is 1.77. The van der Waals surface area contributed by atoms with Crippen molar-refractivity contribution in [1.82, 2.24) is 15.6 Å². The van der Waals surface area contributed by atoms with Gasteiger partial charge in [-0.1, -0.05) is 19.9 Å². The van der Waals surface area contributed by atoms with Crippen molar-refractivity contribution in [2.24, 2.45) is 10.9 Å². The molecule has 0 aliphatic carbocycles. The summed E-state index contributed by atoms with van der Waals surface area (Å²) in [7, 11) is 0. The lowest BCUT2D eigenvalue weighted by Gasteiger charge is -2.09. The van der Waals surface area contributed by atoms with Crippen LogP contribution in [-0.2, 0) is 4.79 Å². The molecule has 0 spiro atoms. The van der Waals surface area contributed by atoms with Gasteiger partial charge in [-0.05, 0) is 43.0 Å². The van der Waals surface area contributed by atoms with Crippen LogP contribution in [0.25, 0.3) is 16.3 Å². The largest absolute Gasteiger partial charge is 0.321 e. The molecule has 0 radical (unpaired) electrons. The van der Waals surface area contributed by atoms with Crippen molar-refractivity contribution in [3.63, 3.8) is 0 Å². The number of hydrogen-bond donors (Lipinski definition) is 2. The van der Waals surface area contributed by atoms with Gasteiger partial charge >= 0.3 is 0 Å². The number of fused-ring (bicyclic) bond motifs is 1. The van der Waals surface area contributed by atoms with Crippen molar-refractivity contribution in [2.75, 3.05) is 0 Å². The van der Waals surface area contributed by atoms with Crippen LogP contribution in [0.15, 0.2) is 34.4 Å². The van der Waals surface area contributed by atoms with E-state index >= 15 is 0 Å². The van der Waals surface area contributed by atoms with Gasteiger partial charge in [0.05, 0.1) is 21.8 Å². The van der Waals surface area contributed by atoms with Gasteiger partial charge in [-0.15, -0.1) is 11.3 Å². The predicted octanol–water partition coefficient (Wildman–Crippen LogP) is 3.15. The second kappa shape index (κ2) is 6.50. The Morgan fingerprint density at radius 1 is 1.30 bits per heavy atom. The fourth-order valence-corrected chi connectivity index (χ4v) is 3.37. The van der Waals surface area contributed by atoms with Crippen molar-refractivity contribution in [2.45, 2.75) is 33.2 Å². The number of carbonyl (C=O) groups is 1. The molecule has 23 heavy (non-hydrogen) atoms. The number of aromatic nitrogens is 1. The Bertz CT molecular complexity index is 791. The molecule has 1 fully saturated rings. The van der Waals surface area contributed by atoms with E-state index in [0.29, 0.717) is 17.6 Å². The van der Waals surface area contributed by atoms with E-state index in [9.17, 15) is 4.79 Å². The van der Waals surface area contributed by atoms with Crippen LogP contribution in [0.4, 0.5) is 0 Å². The first-order valence-electron chi connectivity index (χ1n) is 7.72. The number of thiazole rings is 1. The fraction of sp³-hybridized carbons (Fsp3) is 0.353. The standard InChI is InChI=1S/C17H20N4OS/c1-10(2)6-11(3)19-17-20-14(16(22)21-17)7-12-4-5-13-15(8-12)23-9-18-13/h4-5,7-11H,6H2,1-3H3,(H2,19,20,21,22)/b14-7-/t11-/m1/s1. The number of hydrogen-bond acceptors (Lipinski definition) is 4. The molecule has 1 atom stereocenters. The van der Waals surface area contributed by atoms with Gasteiger partial charge in [0, 0.05) is 0 Å². The fourth-order valence-electron chi connectivity index (χ4n) is 2.64. The first-order valence-corrected chi connectivity index (χ1v) is 8.60. The maximum Gasteiger partial charge on any atom is 0.274 e. The zero-order chi connectivity index (χ0) is 16.4. The zero-order valence-corrected chi connectivity index (χ0v) is 14.3. The summed E-state index contributed by atoms with van der Waals surface area (Å²) in [6.45, 7) is 6.39. The van der Waals surface area contributed by atoms with E-state index in [0.717, 1.165) is 22.2 Å². The van der Waals surface area contributed by atoms with Crippen LogP contribution in [0.1, 0.15) is 32.8 Å². The molecule has 0 bridgehead atoms. The molecule has 2 heterocycles. The molecule has 6 heteroatoms. The molecule has 1 saturated heterocycles. The Kier molecular flexibility index (Phi) is 4.43. The van der Waals surface area contributed by atoms with Crippen molar-refractivity contribution < 1.29 is 4.79 Å². The van der Waals surface area contributed by atoms with E-state index in [1.165, 1.54) is 0 Å². The van der Waals surface area contributed by atoms with Crippen molar-refractivity contribution in [1.29, 1.82) is 0 Å². The molecule has 1 amide bonds. The molecule has 3 rings (SSSR count). The highest BCUT2D eigenvalue weighted by molar-refractivity contribution is 7.16. The number of nitrogens with one attached hydrogen (secondary N) is 2. The second-order valence-electron chi connectivity index (χ2n) is 6.17. The topological polar surface area (TPSA) is 66.4 Å². The molecule has 1 aliphatic rings. The lowest BCUT2D eigenvalue weighted by Crippen LogP contribution is -2.27. The van der Waals surface area contributed by atoms with Crippen LogP contribution in [0, 0.1) is 5.92 Å². The third-order valence-electron chi connectivity index (χ3n) is 3.56. The van der Waals surface area contributed by atoms with E-state index < -0.39 is 0 Å². The molecule has 2 aromatic rings. The number of amides is 1. The molecule has 1 aromatic carbocycles. The Morgan fingerprint density at radius 2 is 2.13 bits per heavy atom. The number of guanidine groups is 1. The summed E-state index contributed by atoms with van der Waals surface area (Å²) in [5, 5.41) is 5.86. The highest BCUT2D eigenvalue weighted by Crippen LogP contribution is 2.20. The summed E-state index contributed by atoms with van der Waals surface area (Å²) in [4.78, 5) is 20.9. The number of rotatable bonds is 4. The average Bonchev–Trinajstić information content (AvgIpc) is 3.04. The van der Waals surface area contributed by atoms with Gasteiger partial charge in [-0.3, -0.25) is 10.1 Å². The number of aliphatic imine (C=N–C) groups is 1. The zero-order valence-electron chi connectivity index (χ0n) is 13.5. The molecule has 0 saturated carbocycles. The smallest absolute Gasteiger partial charge is 0.274 e. The predicted molar refractivity (Wildman–Crippen MR) is 95.2 cm³/mol. The SMILES string of the molecule is CC(C)C[C@@H](C)N=C1NC(=O)/C(=C/c2ccc3ncsc3c2)N1. The number of benzene rings is 1. The summed E-state index contributed by atoms with van der Waals surface area (Å²) < 4.78 is 1.11. The Labute approximate surface area is 139 Å². The Morgan fingerprint density at radius 3 is 2.91 bits per heavy atom. The monoisotopic (exact) mass is 328 g/mol. The molecule has 1 aromatic heterocycles. The first kappa shape index (κ1) is 15.7. The summed E-state index contributed by atoms with van der Waals surface area (Å²) in [5.41, 5.74) is 4.29. The van der Waals surface area contributed by atoms with Crippen molar-refractivity contribution in [3.05, 3.63) is 35.0 Å². The van der Waals surface area contributed by atoms with Gasteiger partial charge in [-0.25, -0.2) is 9.98 Å². The van der Waals surface area contributed by atoms with Crippen LogP contribution >= 0.6 is 11.3 Å². The van der Waals surface area contributed by atoms with E-state index in [2.05, 4.69) is 41.4 Å². The normalized spacial score (nSPS) is 19.6. The summed E-state index contributed by atoms with van der Waals surface area (Å²) >= 11 is 1.59. The van der Waals surface area contributed by atoms with Crippen molar-refractivity contribution >= 4 is 39.5 Å². The van der Waals surface area contributed by atoms with E-state index in [-0.39, 0.29) is 11.9 Å². The highest BCUT2D eigenvalue weighted by atomic mass is 32.1. The molecule has 2 N–H and O–H groups in total. The maximum atomic E-state index is 12.1. The minimum Gasteiger partial charge on any atom is -0.321 e. The minimum atomic E-state index is -0.148. The first-order chi connectivity index (χ1) is 11.0. The molecule has 0 unspecified atom stereocenters. The second-order valence-corrected chi connectivity index (χ2v) is 7.06. The van der Waals surface area contributed by atoms with Crippen LogP contribution < -0.4 is 10.6 Å². The quantitative estimate of drug-likeness (QED) is 0.847. The van der Waals surface area contributed by atoms with Gasteiger partial charge in [-0.2, -0.15) is 0 Å².